The van der Waals surface area contributed by atoms with Gasteiger partial charge in [-0.25, -0.2) is 0 Å². The number of benzene rings is 2. The molecular weight excluding hydrogens is 451 g/mol. The first-order chi connectivity index (χ1) is 15.5. The monoisotopic (exact) mass is 472 g/mol. The van der Waals surface area contributed by atoms with Gasteiger partial charge in [0.05, 0.1) is 22.8 Å². The molecule has 0 bridgehead atoms. The molecule has 2 aliphatic rings. The largest absolute Gasteiger partial charge is 0.409 e. The van der Waals surface area contributed by atoms with Gasteiger partial charge in [0.25, 0.3) is 0 Å². The lowest BCUT2D eigenvalue weighted by Crippen LogP contribution is -2.52. The first-order valence-electron chi connectivity index (χ1n) is 10.4. The van der Waals surface area contributed by atoms with Crippen molar-refractivity contribution in [1.82, 2.24) is 5.16 Å². The number of nitrogens with two attached hydrogens (primary N) is 1. The minimum Gasteiger partial charge on any atom is -0.409 e. The minimum absolute atomic E-state index is 0.0928. The fraction of sp³-hybridized carbons (Fsp3) is 0.304. The van der Waals surface area contributed by atoms with Crippen LogP contribution in [-0.4, -0.2) is 35.4 Å². The van der Waals surface area contributed by atoms with Crippen molar-refractivity contribution in [2.24, 2.45) is 10.9 Å². The maximum absolute atomic E-state index is 8.79. The molecule has 1 aromatic heterocycles. The van der Waals surface area contributed by atoms with Crippen LogP contribution in [0.4, 0.5) is 5.69 Å². The van der Waals surface area contributed by atoms with E-state index in [0.717, 1.165) is 42.9 Å². The zero-order valence-electron chi connectivity index (χ0n) is 17.2. The quantitative estimate of drug-likeness (QED) is 0.216. The third-order valence-electron chi connectivity index (χ3n) is 5.91. The topological polar surface area (TPSA) is 97.1 Å². The summed E-state index contributed by atoms with van der Waals surface area (Å²) < 4.78 is 11.9. The van der Waals surface area contributed by atoms with Crippen molar-refractivity contribution in [2.75, 3.05) is 18.0 Å². The van der Waals surface area contributed by atoms with Crippen LogP contribution in [0.1, 0.15) is 35.6 Å². The van der Waals surface area contributed by atoms with Crippen molar-refractivity contribution in [3.05, 3.63) is 69.4 Å². The number of hydrogen-bond acceptors (Lipinski definition) is 6. The van der Waals surface area contributed by atoms with Crippen molar-refractivity contribution < 1.29 is 14.5 Å². The molecule has 0 amide bonds. The van der Waals surface area contributed by atoms with Crippen LogP contribution < -0.4 is 10.6 Å². The van der Waals surface area contributed by atoms with Gasteiger partial charge in [0.2, 0.25) is 0 Å². The Bertz CT molecular complexity index is 1130. The van der Waals surface area contributed by atoms with Gasteiger partial charge in [-0.15, -0.1) is 0 Å². The smallest absolute Gasteiger partial charge is 0.170 e. The lowest BCUT2D eigenvalue weighted by atomic mass is 10.0. The van der Waals surface area contributed by atoms with Crippen LogP contribution in [0.5, 0.6) is 0 Å². The summed E-state index contributed by atoms with van der Waals surface area (Å²) in [7, 11) is 0. The van der Waals surface area contributed by atoms with Crippen LogP contribution in [-0.2, 0) is 11.3 Å². The second-order valence-corrected chi connectivity index (χ2v) is 8.93. The molecule has 1 aliphatic carbocycles. The van der Waals surface area contributed by atoms with Crippen LogP contribution in [0.3, 0.4) is 0 Å². The summed E-state index contributed by atoms with van der Waals surface area (Å²) in [5.41, 5.74) is 9.65. The van der Waals surface area contributed by atoms with Gasteiger partial charge in [-0.3, -0.25) is 0 Å². The van der Waals surface area contributed by atoms with Gasteiger partial charge in [0.1, 0.15) is 11.5 Å². The number of hydrogen-bond donors (Lipinski definition) is 2. The number of rotatable bonds is 7. The van der Waals surface area contributed by atoms with Crippen LogP contribution in [0.25, 0.3) is 11.3 Å². The van der Waals surface area contributed by atoms with E-state index in [1.807, 2.05) is 30.3 Å². The lowest BCUT2D eigenvalue weighted by molar-refractivity contribution is 0.0219. The average molecular weight is 473 g/mol. The Morgan fingerprint density at radius 2 is 1.84 bits per heavy atom. The van der Waals surface area contributed by atoms with Gasteiger partial charge in [0.15, 0.2) is 5.84 Å². The highest BCUT2D eigenvalue weighted by Gasteiger charge is 2.35. The second kappa shape index (κ2) is 8.65. The molecule has 1 saturated heterocycles. The van der Waals surface area contributed by atoms with Gasteiger partial charge in [-0.2, -0.15) is 0 Å². The molecule has 1 saturated carbocycles. The standard InChI is InChI=1S/C23H22Cl2N4O3/c24-18-2-1-3-19(25)20(18)21-17(22(32-28-21)13-4-5-13)12-31-16-10-29(11-16)15-8-6-14(7-9-15)23(26)27-30/h1-3,6-9,13,16,30H,4-5,10-12H2,(H2,26,27). The molecule has 166 valence electrons. The average Bonchev–Trinajstić information content (AvgIpc) is 3.53. The normalized spacial score (nSPS) is 16.9. The summed E-state index contributed by atoms with van der Waals surface area (Å²) in [6.45, 7) is 1.94. The Kier molecular flexibility index (Phi) is 5.71. The number of amidine groups is 1. The summed E-state index contributed by atoms with van der Waals surface area (Å²) >= 11 is 12.9. The van der Waals surface area contributed by atoms with E-state index >= 15 is 0 Å². The number of halogens is 2. The van der Waals surface area contributed by atoms with E-state index < -0.39 is 0 Å². The Hall–Kier alpha value is -2.74. The molecule has 2 fully saturated rings. The van der Waals surface area contributed by atoms with Crippen LogP contribution in [0, 0.1) is 0 Å². The molecule has 0 spiro atoms. The summed E-state index contributed by atoms with van der Waals surface area (Å²) in [6.07, 6.45) is 2.28. The molecule has 32 heavy (non-hydrogen) atoms. The molecule has 9 heteroatoms. The first kappa shape index (κ1) is 21.1. The van der Waals surface area contributed by atoms with Gasteiger partial charge in [-0.1, -0.05) is 39.6 Å². The van der Waals surface area contributed by atoms with E-state index in [0.29, 0.717) is 39.4 Å². The van der Waals surface area contributed by atoms with Gasteiger partial charge < -0.3 is 25.1 Å². The zero-order chi connectivity index (χ0) is 22.2. The van der Waals surface area contributed by atoms with Gasteiger partial charge in [0, 0.05) is 41.4 Å². The molecule has 2 heterocycles. The number of ether oxygens (including phenoxy) is 1. The Morgan fingerprint density at radius 3 is 2.47 bits per heavy atom. The lowest BCUT2D eigenvalue weighted by Gasteiger charge is -2.40. The van der Waals surface area contributed by atoms with Crippen molar-refractivity contribution in [1.29, 1.82) is 0 Å². The Morgan fingerprint density at radius 1 is 1.16 bits per heavy atom. The predicted molar refractivity (Wildman–Crippen MR) is 124 cm³/mol. The number of aromatic nitrogens is 1. The maximum atomic E-state index is 8.79. The molecule has 2 aromatic carbocycles. The van der Waals surface area contributed by atoms with Crippen molar-refractivity contribution in [3.8, 4) is 11.3 Å². The van der Waals surface area contributed by atoms with Crippen LogP contribution in [0.15, 0.2) is 52.1 Å². The van der Waals surface area contributed by atoms with E-state index in [2.05, 4.69) is 15.2 Å². The van der Waals surface area contributed by atoms with Crippen molar-refractivity contribution in [2.45, 2.75) is 31.5 Å². The van der Waals surface area contributed by atoms with Gasteiger partial charge in [-0.05, 0) is 49.2 Å². The minimum atomic E-state index is 0.0928. The summed E-state index contributed by atoms with van der Waals surface area (Å²) in [4.78, 5) is 2.21. The predicted octanol–water partition coefficient (Wildman–Crippen LogP) is 5.03. The highest BCUT2D eigenvalue weighted by molar-refractivity contribution is 6.39. The molecule has 1 aliphatic heterocycles. The third kappa shape index (κ3) is 4.03. The molecule has 7 nitrogen and oxygen atoms in total. The molecule has 3 aromatic rings. The molecular formula is C23H22Cl2N4O3. The molecule has 5 rings (SSSR count). The van der Waals surface area contributed by atoms with E-state index in [4.69, 9.17) is 43.4 Å². The third-order valence-corrected chi connectivity index (χ3v) is 6.54. The summed E-state index contributed by atoms with van der Waals surface area (Å²) in [6, 6.07) is 13.0. The molecule has 3 N–H and O–H groups in total. The summed E-state index contributed by atoms with van der Waals surface area (Å²) in [5.74, 6) is 1.37. The van der Waals surface area contributed by atoms with E-state index in [9.17, 15) is 0 Å². The van der Waals surface area contributed by atoms with Crippen LogP contribution >= 0.6 is 23.2 Å². The highest BCUT2D eigenvalue weighted by atomic mass is 35.5. The highest BCUT2D eigenvalue weighted by Crippen LogP contribution is 2.46. The van der Waals surface area contributed by atoms with Gasteiger partial charge >= 0.3 is 0 Å². The van der Waals surface area contributed by atoms with E-state index in [1.54, 1.807) is 12.1 Å². The first-order valence-corrected chi connectivity index (χ1v) is 11.2. The van der Waals surface area contributed by atoms with E-state index in [1.165, 1.54) is 0 Å². The summed E-state index contributed by atoms with van der Waals surface area (Å²) in [5, 5.41) is 17.2. The second-order valence-electron chi connectivity index (χ2n) is 8.12. The van der Waals surface area contributed by atoms with E-state index in [-0.39, 0.29) is 11.9 Å². The molecule has 0 atom stereocenters. The maximum Gasteiger partial charge on any atom is 0.170 e. The number of oxime groups is 1. The zero-order valence-corrected chi connectivity index (χ0v) is 18.7. The molecule has 0 radical (unpaired) electrons. The number of anilines is 1. The fourth-order valence-electron chi connectivity index (χ4n) is 3.90. The number of nitrogens with zero attached hydrogens (tertiary/aromatic N) is 3. The van der Waals surface area contributed by atoms with Crippen molar-refractivity contribution >= 4 is 34.7 Å². The Labute approximate surface area is 195 Å². The fourth-order valence-corrected chi connectivity index (χ4v) is 4.48. The Balaban J connectivity index is 1.27. The van der Waals surface area contributed by atoms with Crippen molar-refractivity contribution in [3.63, 3.8) is 0 Å². The molecule has 0 unspecified atom stereocenters. The SMILES string of the molecule is NC(=NO)c1ccc(N2CC(OCc3c(-c4c(Cl)cccc4Cl)noc3C3CC3)C2)cc1. The van der Waals surface area contributed by atoms with Crippen LogP contribution in [0.2, 0.25) is 10.0 Å².